The molecule has 0 radical (unpaired) electrons. The molecule has 23 heavy (non-hydrogen) atoms. The topological polar surface area (TPSA) is 75.0 Å². The van der Waals surface area contributed by atoms with E-state index in [0.717, 1.165) is 5.75 Å². The third-order valence-corrected chi connectivity index (χ3v) is 4.00. The Morgan fingerprint density at radius 3 is 2.78 bits per heavy atom. The second-order valence-electron chi connectivity index (χ2n) is 4.70. The maximum Gasteiger partial charge on any atom is 0.237 e. The van der Waals surface area contributed by atoms with Crippen molar-refractivity contribution < 1.29 is 9.53 Å². The first-order chi connectivity index (χ1) is 11.1. The van der Waals surface area contributed by atoms with E-state index >= 15 is 0 Å². The number of hydrogen-bond acceptors (Lipinski definition) is 5. The molecule has 0 spiro atoms. The molecule has 0 fully saturated rings. The van der Waals surface area contributed by atoms with E-state index in [-0.39, 0.29) is 11.2 Å². The summed E-state index contributed by atoms with van der Waals surface area (Å²) in [6.07, 6.45) is 1.57. The van der Waals surface area contributed by atoms with Gasteiger partial charge in [0.1, 0.15) is 5.75 Å². The van der Waals surface area contributed by atoms with Gasteiger partial charge in [0.2, 0.25) is 5.91 Å². The Kier molecular flexibility index (Phi) is 6.01. The molecular weight excluding hydrogens is 310 g/mol. The SMILES string of the molecule is CCOc1ccc(NC(=O)[C@@H](C)Sc2cc(C#N)ccn2)cc1. The first-order valence-corrected chi connectivity index (χ1v) is 8.07. The van der Waals surface area contributed by atoms with Crippen molar-refractivity contribution in [2.75, 3.05) is 11.9 Å². The molecule has 6 heteroatoms. The Morgan fingerprint density at radius 1 is 1.39 bits per heavy atom. The summed E-state index contributed by atoms with van der Waals surface area (Å²) >= 11 is 1.31. The summed E-state index contributed by atoms with van der Waals surface area (Å²) in [5.41, 5.74) is 1.24. The third-order valence-electron chi connectivity index (χ3n) is 2.96. The van der Waals surface area contributed by atoms with Gasteiger partial charge in [-0.15, -0.1) is 0 Å². The van der Waals surface area contributed by atoms with Gasteiger partial charge in [0.25, 0.3) is 0 Å². The third kappa shape index (κ3) is 5.01. The first kappa shape index (κ1) is 16.8. The highest BCUT2D eigenvalue weighted by atomic mass is 32.2. The lowest BCUT2D eigenvalue weighted by Gasteiger charge is -2.12. The Bertz CT molecular complexity index is 711. The van der Waals surface area contributed by atoms with Gasteiger partial charge >= 0.3 is 0 Å². The Balaban J connectivity index is 1.95. The van der Waals surface area contributed by atoms with Gasteiger partial charge in [-0.05, 0) is 50.2 Å². The van der Waals surface area contributed by atoms with Gasteiger partial charge in [-0.25, -0.2) is 4.98 Å². The quantitative estimate of drug-likeness (QED) is 0.822. The summed E-state index contributed by atoms with van der Waals surface area (Å²) in [6.45, 7) is 4.33. The van der Waals surface area contributed by atoms with E-state index in [1.807, 2.05) is 19.1 Å². The fraction of sp³-hybridized carbons (Fsp3) is 0.235. The van der Waals surface area contributed by atoms with E-state index in [9.17, 15) is 4.79 Å². The van der Waals surface area contributed by atoms with Gasteiger partial charge in [0, 0.05) is 11.9 Å². The van der Waals surface area contributed by atoms with E-state index < -0.39 is 0 Å². The molecule has 1 N–H and O–H groups in total. The lowest BCUT2D eigenvalue weighted by atomic mass is 10.3. The molecule has 5 nitrogen and oxygen atoms in total. The summed E-state index contributed by atoms with van der Waals surface area (Å²) in [7, 11) is 0. The van der Waals surface area contributed by atoms with Crippen LogP contribution in [0.25, 0.3) is 0 Å². The maximum absolute atomic E-state index is 12.2. The lowest BCUT2D eigenvalue weighted by molar-refractivity contribution is -0.115. The number of amides is 1. The maximum atomic E-state index is 12.2. The zero-order valence-corrected chi connectivity index (χ0v) is 13.8. The Morgan fingerprint density at radius 2 is 2.13 bits per heavy atom. The van der Waals surface area contributed by atoms with E-state index in [1.165, 1.54) is 11.8 Å². The highest BCUT2D eigenvalue weighted by molar-refractivity contribution is 8.00. The molecular formula is C17H17N3O2S. The number of carbonyl (C=O) groups excluding carboxylic acids is 1. The minimum atomic E-state index is -0.331. The van der Waals surface area contributed by atoms with Crippen molar-refractivity contribution in [2.45, 2.75) is 24.1 Å². The number of rotatable bonds is 6. The zero-order chi connectivity index (χ0) is 16.7. The summed E-state index contributed by atoms with van der Waals surface area (Å²) in [5.74, 6) is 0.647. The Labute approximate surface area is 139 Å². The number of carbonyl (C=O) groups is 1. The molecule has 0 aliphatic heterocycles. The second-order valence-corrected chi connectivity index (χ2v) is 6.06. The molecule has 1 atom stereocenters. The van der Waals surface area contributed by atoms with Gasteiger partial charge in [-0.3, -0.25) is 4.79 Å². The number of nitrogens with zero attached hydrogens (tertiary/aromatic N) is 2. The van der Waals surface area contributed by atoms with E-state index in [1.54, 1.807) is 37.4 Å². The van der Waals surface area contributed by atoms with Crippen LogP contribution < -0.4 is 10.1 Å². The molecule has 2 rings (SSSR count). The summed E-state index contributed by atoms with van der Waals surface area (Å²) < 4.78 is 5.36. The minimum Gasteiger partial charge on any atom is -0.494 e. The van der Waals surface area contributed by atoms with Crippen LogP contribution >= 0.6 is 11.8 Å². The first-order valence-electron chi connectivity index (χ1n) is 7.19. The van der Waals surface area contributed by atoms with Gasteiger partial charge in [-0.2, -0.15) is 5.26 Å². The molecule has 0 aliphatic rings. The number of nitrogens with one attached hydrogen (secondary N) is 1. The number of thioether (sulfide) groups is 1. The number of hydrogen-bond donors (Lipinski definition) is 1. The molecule has 1 aromatic heterocycles. The zero-order valence-electron chi connectivity index (χ0n) is 12.9. The number of nitriles is 1. The molecule has 1 amide bonds. The molecule has 0 saturated carbocycles. The van der Waals surface area contributed by atoms with Crippen LogP contribution in [0.4, 0.5) is 5.69 Å². The molecule has 0 unspecified atom stereocenters. The number of aromatic nitrogens is 1. The van der Waals surface area contributed by atoms with Crippen molar-refractivity contribution in [1.29, 1.82) is 5.26 Å². The minimum absolute atomic E-state index is 0.122. The largest absolute Gasteiger partial charge is 0.494 e. The van der Waals surface area contributed by atoms with Crippen molar-refractivity contribution in [1.82, 2.24) is 4.98 Å². The molecule has 1 aromatic carbocycles. The standard InChI is InChI=1S/C17H17N3O2S/c1-3-22-15-6-4-14(5-7-15)20-17(21)12(2)23-16-10-13(11-18)8-9-19-16/h4-10,12H,3H2,1-2H3,(H,20,21)/t12-/m1/s1. The predicted molar refractivity (Wildman–Crippen MR) is 90.5 cm³/mol. The van der Waals surface area contributed by atoms with Crippen LogP contribution in [0.2, 0.25) is 0 Å². The van der Waals surface area contributed by atoms with E-state index in [2.05, 4.69) is 16.4 Å². The molecule has 0 aliphatic carbocycles. The van der Waals surface area contributed by atoms with Crippen LogP contribution in [-0.4, -0.2) is 22.7 Å². The van der Waals surface area contributed by atoms with Crippen molar-refractivity contribution in [2.24, 2.45) is 0 Å². The molecule has 118 valence electrons. The van der Waals surface area contributed by atoms with E-state index in [0.29, 0.717) is 22.9 Å². The number of ether oxygens (including phenoxy) is 1. The molecule has 0 bridgehead atoms. The average molecular weight is 327 g/mol. The summed E-state index contributed by atoms with van der Waals surface area (Å²) in [4.78, 5) is 16.4. The molecule has 2 aromatic rings. The Hall–Kier alpha value is -2.52. The van der Waals surface area contributed by atoms with Crippen LogP contribution in [0.5, 0.6) is 5.75 Å². The van der Waals surface area contributed by atoms with Crippen LogP contribution in [0.3, 0.4) is 0 Å². The summed E-state index contributed by atoms with van der Waals surface area (Å²) in [6, 6.07) is 12.6. The van der Waals surface area contributed by atoms with Gasteiger partial charge in [-0.1, -0.05) is 11.8 Å². The summed E-state index contributed by atoms with van der Waals surface area (Å²) in [5, 5.41) is 12.1. The number of anilines is 1. The average Bonchev–Trinajstić information content (AvgIpc) is 2.57. The van der Waals surface area contributed by atoms with Gasteiger partial charge in [0.15, 0.2) is 0 Å². The fourth-order valence-corrected chi connectivity index (χ4v) is 2.67. The van der Waals surface area contributed by atoms with Crippen molar-refractivity contribution in [3.05, 3.63) is 48.2 Å². The second kappa shape index (κ2) is 8.20. The van der Waals surface area contributed by atoms with Gasteiger partial charge in [0.05, 0.1) is 28.5 Å². The van der Waals surface area contributed by atoms with E-state index in [4.69, 9.17) is 10.00 Å². The molecule has 0 saturated heterocycles. The normalized spacial score (nSPS) is 11.3. The highest BCUT2D eigenvalue weighted by Gasteiger charge is 2.15. The number of pyridine rings is 1. The van der Waals surface area contributed by atoms with Crippen molar-refractivity contribution in [3.63, 3.8) is 0 Å². The fourth-order valence-electron chi connectivity index (χ4n) is 1.82. The smallest absolute Gasteiger partial charge is 0.237 e. The van der Waals surface area contributed by atoms with Crippen LogP contribution in [0, 0.1) is 11.3 Å². The van der Waals surface area contributed by atoms with Crippen LogP contribution in [0.15, 0.2) is 47.6 Å². The highest BCUT2D eigenvalue weighted by Crippen LogP contribution is 2.23. The number of benzene rings is 1. The van der Waals surface area contributed by atoms with Crippen molar-refractivity contribution >= 4 is 23.4 Å². The van der Waals surface area contributed by atoms with Crippen molar-refractivity contribution in [3.8, 4) is 11.8 Å². The monoisotopic (exact) mass is 327 g/mol. The predicted octanol–water partition coefficient (Wildman–Crippen LogP) is 3.47. The molecule has 1 heterocycles. The lowest BCUT2D eigenvalue weighted by Crippen LogP contribution is -2.22. The van der Waals surface area contributed by atoms with Crippen LogP contribution in [0.1, 0.15) is 19.4 Å². The van der Waals surface area contributed by atoms with Crippen LogP contribution in [-0.2, 0) is 4.79 Å². The van der Waals surface area contributed by atoms with Gasteiger partial charge < -0.3 is 10.1 Å².